The van der Waals surface area contributed by atoms with Crippen molar-refractivity contribution in [2.75, 3.05) is 6.61 Å². The molecule has 124 valence electrons. The van der Waals surface area contributed by atoms with E-state index in [2.05, 4.69) is 6.92 Å². The number of hydrogen-bond acceptors (Lipinski definition) is 3. The molecule has 0 aromatic rings. The summed E-state index contributed by atoms with van der Waals surface area (Å²) in [6, 6.07) is 0. The largest absolute Gasteiger partial charge is 1.00 e. The van der Waals surface area contributed by atoms with Gasteiger partial charge in [0.15, 0.2) is 0 Å². The summed E-state index contributed by atoms with van der Waals surface area (Å²) >= 11 is 0. The molecule has 7 heteroatoms. The summed E-state index contributed by atoms with van der Waals surface area (Å²) in [5.41, 5.74) is 0. The number of unbranched alkanes of at least 4 members (excludes halogenated alkanes) is 9. The van der Waals surface area contributed by atoms with Crippen LogP contribution >= 0.6 is 0 Å². The van der Waals surface area contributed by atoms with Crippen LogP contribution in [0.1, 0.15) is 78.1 Å². The normalized spacial score (nSPS) is 10.5. The fourth-order valence-corrected chi connectivity index (χ4v) is 1.74. The van der Waals surface area contributed by atoms with Crippen molar-refractivity contribution in [1.29, 1.82) is 0 Å². The third-order valence-electron chi connectivity index (χ3n) is 2.71. The van der Waals surface area contributed by atoms with Crippen LogP contribution in [0.25, 0.3) is 0 Å². The van der Waals surface area contributed by atoms with Gasteiger partial charge in [0.2, 0.25) is 0 Å². The van der Waals surface area contributed by atoms with Crippen molar-refractivity contribution in [2.24, 2.45) is 0 Å². The van der Waals surface area contributed by atoms with Gasteiger partial charge in [0.25, 0.3) is 0 Å². The first-order valence-electron chi connectivity index (χ1n) is 7.55. The van der Waals surface area contributed by atoms with Crippen LogP contribution in [0.4, 0.5) is 0 Å². The van der Waals surface area contributed by atoms with Crippen LogP contribution in [0.15, 0.2) is 0 Å². The first kappa shape index (κ1) is 26.7. The Balaban J connectivity index is -0.000000465. The summed E-state index contributed by atoms with van der Waals surface area (Å²) in [7, 11) is -4.67. The van der Waals surface area contributed by atoms with Gasteiger partial charge in [-0.05, 0) is 6.92 Å². The van der Waals surface area contributed by atoms with E-state index in [9.17, 15) is 0 Å². The monoisotopic (exact) mass is 334 g/mol. The van der Waals surface area contributed by atoms with Gasteiger partial charge >= 0.3 is 40.0 Å². The quantitative estimate of drug-likeness (QED) is 0.244. The van der Waals surface area contributed by atoms with E-state index in [1.165, 1.54) is 57.8 Å². The summed E-state index contributed by atoms with van der Waals surface area (Å²) in [5, 5.41) is 0. The van der Waals surface area contributed by atoms with E-state index < -0.39 is 10.4 Å². The van der Waals surface area contributed by atoms with E-state index >= 15 is 0 Å². The summed E-state index contributed by atoms with van der Waals surface area (Å²) in [5.74, 6) is 0. The number of ether oxygens (including phenoxy) is 1. The van der Waals surface area contributed by atoms with Crippen LogP contribution < -0.4 is 29.6 Å². The second kappa shape index (κ2) is 20.8. The second-order valence-corrected chi connectivity index (χ2v) is 5.58. The summed E-state index contributed by atoms with van der Waals surface area (Å²) in [6.45, 7) is 7.08. The maximum Gasteiger partial charge on any atom is 1.00 e. The van der Waals surface area contributed by atoms with Crippen molar-refractivity contribution in [3.05, 3.63) is 6.61 Å². The summed E-state index contributed by atoms with van der Waals surface area (Å²) < 4.78 is 36.8. The molecule has 5 nitrogen and oxygen atoms in total. The van der Waals surface area contributed by atoms with E-state index in [0.717, 1.165) is 13.0 Å². The Kier molecular flexibility index (Phi) is 26.5. The Morgan fingerprint density at radius 3 is 1.62 bits per heavy atom. The zero-order valence-electron chi connectivity index (χ0n) is 13.9. The van der Waals surface area contributed by atoms with Crippen molar-refractivity contribution < 1.29 is 51.8 Å². The molecule has 0 aliphatic carbocycles. The average molecular weight is 334 g/mol. The molecular weight excluding hydrogens is 303 g/mol. The maximum atomic E-state index is 8.74. The molecule has 21 heavy (non-hydrogen) atoms. The molecule has 2 N–H and O–H groups in total. The predicted octanol–water partition coefficient (Wildman–Crippen LogP) is 1.46. The van der Waals surface area contributed by atoms with Gasteiger partial charge in [-0.3, -0.25) is 9.11 Å². The van der Waals surface area contributed by atoms with Crippen LogP contribution in [-0.4, -0.2) is 24.1 Å². The Hall–Kier alpha value is 0.830. The molecule has 0 radical (unpaired) electrons. The minimum atomic E-state index is -4.67. The molecule has 0 atom stereocenters. The first-order valence-corrected chi connectivity index (χ1v) is 8.94. The molecule has 0 unspecified atom stereocenters. The topological polar surface area (TPSA) is 83.8 Å². The van der Waals surface area contributed by atoms with Gasteiger partial charge in [-0.2, -0.15) is 14.8 Å². The molecule has 0 saturated carbocycles. The van der Waals surface area contributed by atoms with Gasteiger partial charge in [0, 0.05) is 6.61 Å². The van der Waals surface area contributed by atoms with E-state index in [1.807, 2.05) is 13.5 Å². The van der Waals surface area contributed by atoms with Crippen LogP contribution in [0.2, 0.25) is 0 Å². The van der Waals surface area contributed by atoms with Crippen molar-refractivity contribution in [2.45, 2.75) is 78.1 Å². The third kappa shape index (κ3) is 44.9. The molecule has 0 aromatic carbocycles. The Bertz CT molecular complexity index is 251. The van der Waals surface area contributed by atoms with Crippen molar-refractivity contribution >= 4 is 10.4 Å². The van der Waals surface area contributed by atoms with Crippen molar-refractivity contribution in [1.82, 2.24) is 0 Å². The summed E-state index contributed by atoms with van der Waals surface area (Å²) in [6.07, 6.45) is 13.7. The van der Waals surface area contributed by atoms with Crippen LogP contribution in [0, 0.1) is 6.61 Å². The molecule has 0 heterocycles. The standard InChI is InChI=1S/C14H29O.Na.H2O4S/c1-3-5-6-7-8-9-10-11-12-13-14-15-4-2;;1-5(2,3)4/h14H,3-13H2,1-2H3;;(H2,1,2,3,4)/q-1;+1;. The molecule has 0 fully saturated rings. The molecule has 0 aromatic heterocycles. The second-order valence-electron chi connectivity index (χ2n) is 4.69. The SMILES string of the molecule is CCCCCCCCCCC[CH-]OCC.O=S(=O)(O)O.[Na+]. The van der Waals surface area contributed by atoms with Gasteiger partial charge in [0.05, 0.1) is 0 Å². The zero-order valence-corrected chi connectivity index (χ0v) is 16.7. The smallest absolute Gasteiger partial charge is 0.552 e. The minimum absolute atomic E-state index is 0. The van der Waals surface area contributed by atoms with E-state index in [4.69, 9.17) is 22.3 Å². The zero-order chi connectivity index (χ0) is 15.7. The molecule has 0 rings (SSSR count). The molecule has 0 bridgehead atoms. The Labute approximate surface area is 153 Å². The van der Waals surface area contributed by atoms with Crippen molar-refractivity contribution in [3.63, 3.8) is 0 Å². The van der Waals surface area contributed by atoms with Gasteiger partial charge in [-0.15, -0.1) is 0 Å². The van der Waals surface area contributed by atoms with Gasteiger partial charge in [0.1, 0.15) is 0 Å². The third-order valence-corrected chi connectivity index (χ3v) is 2.71. The average Bonchev–Trinajstić information content (AvgIpc) is 2.34. The fraction of sp³-hybridized carbons (Fsp3) is 0.929. The number of rotatable bonds is 12. The van der Waals surface area contributed by atoms with Gasteiger partial charge < -0.3 is 4.74 Å². The molecule has 0 saturated heterocycles. The summed E-state index contributed by atoms with van der Waals surface area (Å²) in [4.78, 5) is 0. The van der Waals surface area contributed by atoms with Crippen LogP contribution in [0.5, 0.6) is 0 Å². The van der Waals surface area contributed by atoms with E-state index in [1.54, 1.807) is 0 Å². The van der Waals surface area contributed by atoms with Crippen LogP contribution in [0.3, 0.4) is 0 Å². The Morgan fingerprint density at radius 1 is 0.857 bits per heavy atom. The minimum Gasteiger partial charge on any atom is -0.552 e. The van der Waals surface area contributed by atoms with E-state index in [-0.39, 0.29) is 29.6 Å². The molecule has 0 aliphatic rings. The molecule has 0 spiro atoms. The fourth-order valence-electron chi connectivity index (χ4n) is 1.74. The van der Waals surface area contributed by atoms with Crippen LogP contribution in [-0.2, 0) is 15.1 Å². The van der Waals surface area contributed by atoms with Crippen molar-refractivity contribution in [3.8, 4) is 0 Å². The molecule has 0 aliphatic heterocycles. The molecular formula is C14H31NaO5S. The maximum absolute atomic E-state index is 8.74. The predicted molar refractivity (Wildman–Crippen MR) is 81.9 cm³/mol. The number of hydrogen-bond donors (Lipinski definition) is 2. The first-order chi connectivity index (χ1) is 9.41. The van der Waals surface area contributed by atoms with Gasteiger partial charge in [-0.1, -0.05) is 64.7 Å². The van der Waals surface area contributed by atoms with E-state index in [0.29, 0.717) is 0 Å². The molecule has 0 amide bonds. The Morgan fingerprint density at radius 2 is 1.24 bits per heavy atom. The van der Waals surface area contributed by atoms with Gasteiger partial charge in [-0.25, -0.2) is 6.61 Å².